The first-order valence-electron chi connectivity index (χ1n) is 4.64. The Morgan fingerprint density at radius 3 is 2.07 bits per heavy atom. The summed E-state index contributed by atoms with van der Waals surface area (Å²) in [5.41, 5.74) is 0. The van der Waals surface area contributed by atoms with Crippen molar-refractivity contribution in [2.75, 3.05) is 0 Å². The molecule has 0 heterocycles. The monoisotopic (exact) mass is 198 g/mol. The van der Waals surface area contributed by atoms with E-state index in [1.165, 1.54) is 0 Å². The molecule has 0 fully saturated rings. The molecule has 15 heavy (non-hydrogen) atoms. The maximum atomic E-state index is 5.14. The van der Waals surface area contributed by atoms with E-state index < -0.39 is 0 Å². The van der Waals surface area contributed by atoms with Gasteiger partial charge in [0.1, 0.15) is 11.5 Å². The highest BCUT2D eigenvalue weighted by Gasteiger charge is 1.91. The van der Waals surface area contributed by atoms with Crippen LogP contribution in [0.1, 0.15) is 0 Å². The normalized spacial score (nSPS) is 10.4. The van der Waals surface area contributed by atoms with Gasteiger partial charge in [-0.15, -0.1) is 0 Å². The average Bonchev–Trinajstić information content (AvgIpc) is 2.32. The molecular weight excluding hydrogens is 188 g/mol. The standard InChI is InChI=1S/C13H10O2/c1-3-7-12(8-4-1)14-11-15-13-9-5-2-6-10-13/h1-10H. The Labute approximate surface area is 88.4 Å². The first-order valence-corrected chi connectivity index (χ1v) is 4.64. The highest BCUT2D eigenvalue weighted by molar-refractivity contribution is 5.48. The van der Waals surface area contributed by atoms with Crippen LogP contribution in [0.5, 0.6) is 11.5 Å². The predicted octanol–water partition coefficient (Wildman–Crippen LogP) is 3.08. The number of hydrogen-bond donors (Lipinski definition) is 0. The average molecular weight is 198 g/mol. The van der Waals surface area contributed by atoms with E-state index in [-0.39, 0.29) is 0 Å². The molecule has 2 nitrogen and oxygen atoms in total. The number of rotatable bonds is 3. The molecule has 2 aromatic carbocycles. The van der Waals surface area contributed by atoms with Crippen molar-refractivity contribution in [2.24, 2.45) is 0 Å². The quantitative estimate of drug-likeness (QED) is 0.548. The first-order chi connectivity index (χ1) is 7.45. The van der Waals surface area contributed by atoms with Crippen molar-refractivity contribution in [3.8, 4) is 11.5 Å². The molecular formula is C13H10O2. The second-order valence-corrected chi connectivity index (χ2v) is 2.91. The van der Waals surface area contributed by atoms with E-state index >= 15 is 0 Å². The van der Waals surface area contributed by atoms with Crippen LogP contribution in [0.3, 0.4) is 0 Å². The first kappa shape index (κ1) is 9.46. The van der Waals surface area contributed by atoms with Crippen molar-refractivity contribution < 1.29 is 9.16 Å². The minimum absolute atomic E-state index is 0.702. The van der Waals surface area contributed by atoms with Crippen LogP contribution in [0.25, 0.3) is 0 Å². The molecule has 0 aromatic heterocycles. The van der Waals surface area contributed by atoms with Crippen LogP contribution in [-0.4, -0.2) is 6.47 Å². The summed E-state index contributed by atoms with van der Waals surface area (Å²) in [5, 5.41) is 0. The lowest BCUT2D eigenvalue weighted by Crippen LogP contribution is -1.89. The molecule has 0 amide bonds. The van der Waals surface area contributed by atoms with Crippen LogP contribution < -0.4 is 4.74 Å². The summed E-state index contributed by atoms with van der Waals surface area (Å²) in [4.78, 5) is 0. The minimum atomic E-state index is 0.702. The maximum absolute atomic E-state index is 5.14. The summed E-state index contributed by atoms with van der Waals surface area (Å²) >= 11 is 0. The zero-order valence-corrected chi connectivity index (χ0v) is 8.09. The van der Waals surface area contributed by atoms with Gasteiger partial charge in [0.15, 0.2) is 0 Å². The molecule has 0 unspecified atom stereocenters. The molecule has 0 aliphatic heterocycles. The highest BCUT2D eigenvalue weighted by Crippen LogP contribution is 2.09. The molecule has 0 radical (unpaired) electrons. The Bertz CT molecular complexity index is 421. The van der Waals surface area contributed by atoms with Crippen molar-refractivity contribution >= 4 is 6.47 Å². The molecule has 0 atom stereocenters. The van der Waals surface area contributed by atoms with E-state index in [0.717, 1.165) is 0 Å². The van der Waals surface area contributed by atoms with Gasteiger partial charge in [-0.1, -0.05) is 36.4 Å². The molecule has 0 bridgehead atoms. The lowest BCUT2D eigenvalue weighted by atomic mass is 10.3. The van der Waals surface area contributed by atoms with Crippen LogP contribution >= 0.6 is 0 Å². The van der Waals surface area contributed by atoms with Gasteiger partial charge in [-0.25, -0.2) is 0 Å². The zero-order chi connectivity index (χ0) is 10.3. The van der Waals surface area contributed by atoms with Gasteiger partial charge < -0.3 is 9.16 Å². The van der Waals surface area contributed by atoms with E-state index in [9.17, 15) is 0 Å². The molecule has 0 aliphatic carbocycles. The van der Waals surface area contributed by atoms with Crippen molar-refractivity contribution in [1.82, 2.24) is 0 Å². The van der Waals surface area contributed by atoms with Gasteiger partial charge in [-0.2, -0.15) is 0 Å². The highest BCUT2D eigenvalue weighted by atomic mass is 16.6. The van der Waals surface area contributed by atoms with E-state index in [4.69, 9.17) is 9.16 Å². The fourth-order valence-electron chi connectivity index (χ4n) is 1.09. The number of ether oxygens (including phenoxy) is 1. The molecule has 2 rings (SSSR count). The summed E-state index contributed by atoms with van der Waals surface area (Å²) in [6.45, 7) is 2.42. The molecule has 74 valence electrons. The van der Waals surface area contributed by atoms with Crippen LogP contribution in [0.15, 0.2) is 60.7 Å². The third kappa shape index (κ3) is 2.95. The second-order valence-electron chi connectivity index (χ2n) is 2.91. The van der Waals surface area contributed by atoms with Crippen molar-refractivity contribution in [1.29, 1.82) is 0 Å². The smallest absolute Gasteiger partial charge is 0.395 e. The number of para-hydroxylation sites is 2. The fourth-order valence-corrected chi connectivity index (χ4v) is 1.09. The van der Waals surface area contributed by atoms with Gasteiger partial charge in [0, 0.05) is 0 Å². The summed E-state index contributed by atoms with van der Waals surface area (Å²) < 4.78 is 10.3. The van der Waals surface area contributed by atoms with Gasteiger partial charge in [0.25, 0.3) is 0 Å². The summed E-state index contributed by atoms with van der Waals surface area (Å²) in [6, 6.07) is 18.7. The number of carbonyl (C=O) groups excluding carboxylic acids is 1. The molecule has 0 saturated heterocycles. The topological polar surface area (TPSA) is 20.5 Å². The van der Waals surface area contributed by atoms with Crippen LogP contribution in [0.4, 0.5) is 0 Å². The Morgan fingerprint density at radius 2 is 1.40 bits per heavy atom. The molecule has 2 heteroatoms. The molecule has 0 saturated carbocycles. The fraction of sp³-hybridized carbons (Fsp3) is 0. The van der Waals surface area contributed by atoms with Crippen molar-refractivity contribution in [3.63, 3.8) is 0 Å². The Kier molecular flexibility index (Phi) is 3.13. The summed E-state index contributed by atoms with van der Waals surface area (Å²) in [5.74, 6) is 1.40. The lowest BCUT2D eigenvalue weighted by Gasteiger charge is -1.94. The van der Waals surface area contributed by atoms with Gasteiger partial charge in [0.05, 0.1) is 0 Å². The molecule has 0 aliphatic rings. The van der Waals surface area contributed by atoms with Gasteiger partial charge in [-0.05, 0) is 24.3 Å². The molecule has 0 N–H and O–H groups in total. The van der Waals surface area contributed by atoms with Crippen molar-refractivity contribution in [3.05, 3.63) is 60.7 Å². The van der Waals surface area contributed by atoms with Crippen molar-refractivity contribution in [2.45, 2.75) is 0 Å². The molecule has 2 aromatic rings. The molecule has 0 spiro atoms. The number of benzene rings is 2. The van der Waals surface area contributed by atoms with Crippen LogP contribution in [0.2, 0.25) is 0 Å². The van der Waals surface area contributed by atoms with E-state index in [0.29, 0.717) is 11.5 Å². The second kappa shape index (κ2) is 4.96. The van der Waals surface area contributed by atoms with Crippen LogP contribution in [-0.2, 0) is 4.42 Å². The van der Waals surface area contributed by atoms with E-state index in [1.54, 1.807) is 0 Å². The zero-order valence-electron chi connectivity index (χ0n) is 8.09. The summed E-state index contributed by atoms with van der Waals surface area (Å²) in [6.07, 6.45) is 0. The van der Waals surface area contributed by atoms with E-state index in [1.807, 2.05) is 60.7 Å². The maximum Gasteiger partial charge on any atom is 0.499 e. The third-order valence-corrected chi connectivity index (χ3v) is 1.81. The SMILES string of the molecule is [C-](Oc1ccccc1)=[O+]c1ccccc1. The van der Waals surface area contributed by atoms with E-state index in [2.05, 4.69) is 6.47 Å². The Hall–Kier alpha value is -2.09. The Balaban J connectivity index is 1.97. The van der Waals surface area contributed by atoms with Gasteiger partial charge >= 0.3 is 6.47 Å². The van der Waals surface area contributed by atoms with Crippen LogP contribution in [0, 0.1) is 0 Å². The summed E-state index contributed by atoms with van der Waals surface area (Å²) in [7, 11) is 0. The largest absolute Gasteiger partial charge is 0.499 e. The predicted molar refractivity (Wildman–Crippen MR) is 58.7 cm³/mol. The Morgan fingerprint density at radius 1 is 0.800 bits per heavy atom. The number of hydrogen-bond acceptors (Lipinski definition) is 1. The minimum Gasteiger partial charge on any atom is -0.395 e. The van der Waals surface area contributed by atoms with Gasteiger partial charge in [0.2, 0.25) is 0 Å². The lowest BCUT2D eigenvalue weighted by molar-refractivity contribution is 0.218. The van der Waals surface area contributed by atoms with Gasteiger partial charge in [-0.3, -0.25) is 0 Å². The third-order valence-electron chi connectivity index (χ3n) is 1.81.